The smallest absolute Gasteiger partial charge is 0.328 e. The number of benzene rings is 2. The van der Waals surface area contributed by atoms with E-state index in [0.717, 1.165) is 16.7 Å². The Morgan fingerprint density at radius 2 is 2.04 bits per heavy atom. The molecule has 1 fully saturated rings. The standard InChI is InChI=1S/C21H23NO5/c1-15-5-2-3-7-17(15)13-27-18-8-4-6-16(11-18)12-20(23)22-9-10-26-14-19(22)21(24)25/h2-8,11,19H,9-10,12-14H2,1H3,(H,24,25). The maximum atomic E-state index is 12.6. The number of hydrogen-bond donors (Lipinski definition) is 1. The van der Waals surface area contributed by atoms with E-state index in [4.69, 9.17) is 9.47 Å². The third-order valence-corrected chi connectivity index (χ3v) is 4.64. The zero-order chi connectivity index (χ0) is 19.2. The van der Waals surface area contributed by atoms with Crippen LogP contribution in [0.15, 0.2) is 48.5 Å². The third-order valence-electron chi connectivity index (χ3n) is 4.64. The van der Waals surface area contributed by atoms with E-state index in [-0.39, 0.29) is 18.9 Å². The summed E-state index contributed by atoms with van der Waals surface area (Å²) in [7, 11) is 0. The number of carboxylic acids is 1. The Kier molecular flexibility index (Phi) is 6.08. The van der Waals surface area contributed by atoms with E-state index in [1.807, 2.05) is 55.5 Å². The normalized spacial score (nSPS) is 16.8. The van der Waals surface area contributed by atoms with Gasteiger partial charge in [-0.3, -0.25) is 4.79 Å². The highest BCUT2D eigenvalue weighted by Gasteiger charge is 2.32. The number of carbonyl (C=O) groups is 2. The van der Waals surface area contributed by atoms with Gasteiger partial charge in [-0.25, -0.2) is 4.79 Å². The van der Waals surface area contributed by atoms with E-state index in [9.17, 15) is 14.7 Å². The van der Waals surface area contributed by atoms with Crippen molar-refractivity contribution in [3.05, 3.63) is 65.2 Å². The molecule has 0 bridgehead atoms. The van der Waals surface area contributed by atoms with Crippen molar-refractivity contribution in [2.24, 2.45) is 0 Å². The molecule has 6 nitrogen and oxygen atoms in total. The van der Waals surface area contributed by atoms with Crippen LogP contribution in [0.1, 0.15) is 16.7 Å². The highest BCUT2D eigenvalue weighted by Crippen LogP contribution is 2.18. The lowest BCUT2D eigenvalue weighted by atomic mass is 10.1. The molecule has 142 valence electrons. The molecule has 1 heterocycles. The van der Waals surface area contributed by atoms with Crippen LogP contribution in [-0.4, -0.2) is 47.7 Å². The molecular formula is C21H23NO5. The van der Waals surface area contributed by atoms with Gasteiger partial charge in [-0.2, -0.15) is 0 Å². The molecule has 1 amide bonds. The second-order valence-electron chi connectivity index (χ2n) is 6.56. The quantitative estimate of drug-likeness (QED) is 0.846. The van der Waals surface area contributed by atoms with Crippen LogP contribution < -0.4 is 4.74 Å². The van der Waals surface area contributed by atoms with Crippen LogP contribution in [0.3, 0.4) is 0 Å². The van der Waals surface area contributed by atoms with E-state index in [2.05, 4.69) is 0 Å². The molecule has 1 aliphatic rings. The van der Waals surface area contributed by atoms with Crippen LogP contribution >= 0.6 is 0 Å². The van der Waals surface area contributed by atoms with Gasteiger partial charge >= 0.3 is 5.97 Å². The lowest BCUT2D eigenvalue weighted by Crippen LogP contribution is -2.53. The fourth-order valence-corrected chi connectivity index (χ4v) is 3.06. The summed E-state index contributed by atoms with van der Waals surface area (Å²) in [5.74, 6) is -0.583. The first kappa shape index (κ1) is 18.9. The van der Waals surface area contributed by atoms with Crippen molar-refractivity contribution in [3.63, 3.8) is 0 Å². The summed E-state index contributed by atoms with van der Waals surface area (Å²) < 4.78 is 11.0. The minimum Gasteiger partial charge on any atom is -0.489 e. The largest absolute Gasteiger partial charge is 0.489 e. The average molecular weight is 369 g/mol. The Labute approximate surface area is 158 Å². The van der Waals surface area contributed by atoms with Gasteiger partial charge in [-0.1, -0.05) is 36.4 Å². The van der Waals surface area contributed by atoms with Gasteiger partial charge in [-0.15, -0.1) is 0 Å². The molecule has 0 aliphatic carbocycles. The lowest BCUT2D eigenvalue weighted by molar-refractivity contribution is -0.158. The number of aliphatic carboxylic acids is 1. The summed E-state index contributed by atoms with van der Waals surface area (Å²) in [5, 5.41) is 9.27. The molecule has 1 saturated heterocycles. The molecule has 1 aliphatic heterocycles. The van der Waals surface area contributed by atoms with Gasteiger partial charge in [0, 0.05) is 6.54 Å². The molecule has 0 aromatic heterocycles. The molecule has 1 N–H and O–H groups in total. The topological polar surface area (TPSA) is 76.1 Å². The van der Waals surface area contributed by atoms with Crippen molar-refractivity contribution in [2.75, 3.05) is 19.8 Å². The van der Waals surface area contributed by atoms with Crippen LogP contribution in [0.4, 0.5) is 0 Å². The van der Waals surface area contributed by atoms with Crippen LogP contribution in [0.2, 0.25) is 0 Å². The van der Waals surface area contributed by atoms with Crippen molar-refractivity contribution >= 4 is 11.9 Å². The van der Waals surface area contributed by atoms with Gasteiger partial charge in [0.1, 0.15) is 12.4 Å². The van der Waals surface area contributed by atoms with Gasteiger partial charge in [0.2, 0.25) is 5.91 Å². The molecule has 0 radical (unpaired) electrons. The Morgan fingerprint density at radius 3 is 2.81 bits per heavy atom. The van der Waals surface area contributed by atoms with Crippen molar-refractivity contribution in [3.8, 4) is 5.75 Å². The molecular weight excluding hydrogens is 346 g/mol. The number of carboxylic acid groups (broad SMARTS) is 1. The molecule has 1 unspecified atom stereocenters. The highest BCUT2D eigenvalue weighted by atomic mass is 16.5. The first-order valence-electron chi connectivity index (χ1n) is 8.91. The number of aryl methyl sites for hydroxylation is 1. The molecule has 0 spiro atoms. The number of nitrogens with zero attached hydrogens (tertiary/aromatic N) is 1. The molecule has 1 atom stereocenters. The van der Waals surface area contributed by atoms with Crippen LogP contribution in [-0.2, 0) is 27.4 Å². The van der Waals surface area contributed by atoms with Crippen LogP contribution in [0.25, 0.3) is 0 Å². The summed E-state index contributed by atoms with van der Waals surface area (Å²) in [6.07, 6.45) is 0.130. The molecule has 2 aromatic carbocycles. The third kappa shape index (κ3) is 4.86. The van der Waals surface area contributed by atoms with Crippen molar-refractivity contribution < 1.29 is 24.2 Å². The van der Waals surface area contributed by atoms with E-state index >= 15 is 0 Å². The predicted molar refractivity (Wildman–Crippen MR) is 99.6 cm³/mol. The van der Waals surface area contributed by atoms with Crippen molar-refractivity contribution in [1.82, 2.24) is 4.90 Å². The summed E-state index contributed by atoms with van der Waals surface area (Å²) in [4.78, 5) is 25.3. The van der Waals surface area contributed by atoms with Gasteiger partial charge in [-0.05, 0) is 35.7 Å². The van der Waals surface area contributed by atoms with Crippen LogP contribution in [0.5, 0.6) is 5.75 Å². The van der Waals surface area contributed by atoms with Gasteiger partial charge in [0.25, 0.3) is 0 Å². The van der Waals surface area contributed by atoms with Gasteiger partial charge in [0.15, 0.2) is 6.04 Å². The zero-order valence-corrected chi connectivity index (χ0v) is 15.3. The number of morpholine rings is 1. The minimum absolute atomic E-state index is 0.0284. The number of amides is 1. The highest BCUT2D eigenvalue weighted by molar-refractivity contribution is 5.85. The zero-order valence-electron chi connectivity index (χ0n) is 15.3. The molecule has 6 heteroatoms. The summed E-state index contributed by atoms with van der Waals surface area (Å²) in [6.45, 7) is 3.17. The van der Waals surface area contributed by atoms with E-state index in [1.54, 1.807) is 0 Å². The minimum atomic E-state index is -1.04. The SMILES string of the molecule is Cc1ccccc1COc1cccc(CC(=O)N2CCOCC2C(=O)O)c1. The maximum Gasteiger partial charge on any atom is 0.328 e. The predicted octanol–water partition coefficient (Wildman–Crippen LogP) is 2.43. The van der Waals surface area contributed by atoms with Gasteiger partial charge < -0.3 is 19.5 Å². The Hall–Kier alpha value is -2.86. The Bertz CT molecular complexity index is 820. The Balaban J connectivity index is 1.64. The molecule has 2 aromatic rings. The maximum absolute atomic E-state index is 12.6. The molecule has 3 rings (SSSR count). The van der Waals surface area contributed by atoms with E-state index in [0.29, 0.717) is 25.5 Å². The lowest BCUT2D eigenvalue weighted by Gasteiger charge is -2.33. The first-order valence-corrected chi connectivity index (χ1v) is 8.91. The van der Waals surface area contributed by atoms with Crippen molar-refractivity contribution in [1.29, 1.82) is 0 Å². The number of carbonyl (C=O) groups excluding carboxylic acids is 1. The fraction of sp³-hybridized carbons (Fsp3) is 0.333. The van der Waals surface area contributed by atoms with E-state index in [1.165, 1.54) is 4.90 Å². The monoisotopic (exact) mass is 369 g/mol. The van der Waals surface area contributed by atoms with Crippen LogP contribution in [0, 0.1) is 6.92 Å². The summed E-state index contributed by atoms with van der Waals surface area (Å²) in [6, 6.07) is 14.4. The van der Waals surface area contributed by atoms with Crippen molar-refractivity contribution in [2.45, 2.75) is 26.0 Å². The first-order chi connectivity index (χ1) is 13.0. The molecule has 27 heavy (non-hydrogen) atoms. The number of ether oxygens (including phenoxy) is 2. The number of hydrogen-bond acceptors (Lipinski definition) is 4. The van der Waals surface area contributed by atoms with Gasteiger partial charge in [0.05, 0.1) is 19.6 Å². The Morgan fingerprint density at radius 1 is 1.22 bits per heavy atom. The summed E-state index contributed by atoms with van der Waals surface area (Å²) in [5.41, 5.74) is 3.06. The number of rotatable bonds is 6. The summed E-state index contributed by atoms with van der Waals surface area (Å²) >= 11 is 0. The second-order valence-corrected chi connectivity index (χ2v) is 6.56. The fourth-order valence-electron chi connectivity index (χ4n) is 3.06. The average Bonchev–Trinajstić information content (AvgIpc) is 2.67. The molecule has 0 saturated carbocycles. The second kappa shape index (κ2) is 8.68. The van der Waals surface area contributed by atoms with E-state index < -0.39 is 12.0 Å².